The Morgan fingerprint density at radius 1 is 1.25 bits per heavy atom. The lowest BCUT2D eigenvalue weighted by atomic mass is 10.3. The molecule has 0 saturated heterocycles. The Hall–Kier alpha value is -0.700. The largest absolute Gasteiger partial charge is 0.431 e. The van der Waals surface area contributed by atoms with Crippen LogP contribution in [0.3, 0.4) is 0 Å². The van der Waals surface area contributed by atoms with Gasteiger partial charge in [-0.05, 0) is 20.8 Å². The molecule has 0 aromatic carbocycles. The minimum Gasteiger partial charge on any atom is -0.221 e. The Bertz CT molecular complexity index is 307. The smallest absolute Gasteiger partial charge is 0.221 e. The highest BCUT2D eigenvalue weighted by Crippen LogP contribution is 2.31. The second-order valence-corrected chi connectivity index (χ2v) is 5.99. The Labute approximate surface area is 69.9 Å². The molecule has 0 atom stereocenters. The van der Waals surface area contributed by atoms with Crippen LogP contribution in [0.1, 0.15) is 20.8 Å². The molecule has 0 bridgehead atoms. The third-order valence-electron chi connectivity index (χ3n) is 1.27. The van der Waals surface area contributed by atoms with Crippen LogP contribution >= 0.6 is 0 Å². The van der Waals surface area contributed by atoms with Gasteiger partial charge < -0.3 is 0 Å². The average Bonchev–Trinajstić information content (AvgIpc) is 1.85. The van der Waals surface area contributed by atoms with Crippen LogP contribution in [0.2, 0.25) is 0 Å². The Kier molecular flexibility index (Phi) is 2.50. The summed E-state index contributed by atoms with van der Waals surface area (Å²) in [5, 5.41) is 3.61. The maximum Gasteiger partial charge on any atom is 0.431 e. The number of hydrogen-bond acceptors (Lipinski definition) is 3. The normalized spacial score (nSPS) is 14.0. The van der Waals surface area contributed by atoms with Crippen molar-refractivity contribution in [3.63, 3.8) is 0 Å². The van der Waals surface area contributed by atoms with E-state index in [0.717, 1.165) is 20.8 Å². The number of rotatable bonds is 1. The predicted molar refractivity (Wildman–Crippen MR) is 39.2 cm³/mol. The molecule has 0 rings (SSSR count). The highest BCUT2D eigenvalue weighted by molar-refractivity contribution is 7.94. The molecule has 0 radical (unpaired) electrons. The summed E-state index contributed by atoms with van der Waals surface area (Å²) in [6, 6.07) is 0.467. The quantitative estimate of drug-likeness (QED) is 0.636. The third kappa shape index (κ3) is 1.55. The van der Waals surface area contributed by atoms with Crippen molar-refractivity contribution in [2.75, 3.05) is 0 Å². The zero-order chi connectivity index (χ0) is 10.2. The second kappa shape index (κ2) is 2.66. The van der Waals surface area contributed by atoms with Crippen molar-refractivity contribution in [2.24, 2.45) is 0 Å². The van der Waals surface area contributed by atoms with Gasteiger partial charge in [0.15, 0.2) is 6.07 Å². The number of alkyl halides is 2. The van der Waals surface area contributed by atoms with Crippen LogP contribution in [0, 0.1) is 11.3 Å². The molecule has 6 heteroatoms. The topological polar surface area (TPSA) is 57.9 Å². The average molecular weight is 197 g/mol. The number of nitriles is 1. The molecular weight excluding hydrogens is 188 g/mol. The fourth-order valence-corrected chi connectivity index (χ4v) is 1.33. The molecule has 0 aromatic heterocycles. The maximum atomic E-state index is 12.5. The highest BCUT2D eigenvalue weighted by atomic mass is 32.2. The van der Waals surface area contributed by atoms with Crippen molar-refractivity contribution in [3.8, 4) is 6.07 Å². The maximum absolute atomic E-state index is 12.5. The van der Waals surface area contributed by atoms with E-state index in [4.69, 9.17) is 5.26 Å². The lowest BCUT2D eigenvalue weighted by molar-refractivity contribution is 0.152. The first-order chi connectivity index (χ1) is 5.06. The molecule has 0 aliphatic heterocycles. The number of halogens is 2. The number of hydrogen-bond donors (Lipinski definition) is 0. The summed E-state index contributed by atoms with van der Waals surface area (Å²) >= 11 is 0. The summed E-state index contributed by atoms with van der Waals surface area (Å²) in [7, 11) is -4.72. The van der Waals surface area contributed by atoms with Gasteiger partial charge in [0.2, 0.25) is 9.84 Å². The molecule has 0 N–H and O–H groups in total. The van der Waals surface area contributed by atoms with Gasteiger partial charge in [0.1, 0.15) is 0 Å². The second-order valence-electron chi connectivity index (χ2n) is 3.24. The minimum atomic E-state index is -4.72. The van der Waals surface area contributed by atoms with E-state index in [-0.39, 0.29) is 0 Å². The van der Waals surface area contributed by atoms with Crippen LogP contribution in [0.5, 0.6) is 0 Å². The highest BCUT2D eigenvalue weighted by Gasteiger charge is 2.52. The summed E-state index contributed by atoms with van der Waals surface area (Å²) in [5.74, 6) is 0. The molecule has 0 aliphatic rings. The Morgan fingerprint density at radius 2 is 1.58 bits per heavy atom. The molecule has 0 spiro atoms. The number of nitrogens with zero attached hydrogens (tertiary/aromatic N) is 1. The van der Waals surface area contributed by atoms with Crippen molar-refractivity contribution < 1.29 is 17.2 Å². The van der Waals surface area contributed by atoms with Gasteiger partial charge in [-0.15, -0.1) is 0 Å². The standard InChI is InChI=1S/C6H9F2NO2S/c1-5(2,3)12(10,11)6(7,8)4-9/h1-3H3. The predicted octanol–water partition coefficient (Wildman–Crippen LogP) is 1.32. The molecular formula is C6H9F2NO2S. The third-order valence-corrected chi connectivity index (χ3v) is 3.65. The summed E-state index contributed by atoms with van der Waals surface area (Å²) in [4.78, 5) is 0. The monoisotopic (exact) mass is 197 g/mol. The van der Waals surface area contributed by atoms with Gasteiger partial charge in [-0.1, -0.05) is 0 Å². The van der Waals surface area contributed by atoms with Gasteiger partial charge in [0.25, 0.3) is 0 Å². The molecule has 3 nitrogen and oxygen atoms in total. The van der Waals surface area contributed by atoms with E-state index in [1.54, 1.807) is 0 Å². The molecule has 0 saturated carbocycles. The van der Waals surface area contributed by atoms with E-state index < -0.39 is 19.8 Å². The summed E-state index contributed by atoms with van der Waals surface area (Å²) < 4.78 is 45.2. The molecule has 0 fully saturated rings. The van der Waals surface area contributed by atoms with Crippen LogP contribution in [0.25, 0.3) is 0 Å². The van der Waals surface area contributed by atoms with Gasteiger partial charge in [-0.2, -0.15) is 14.0 Å². The van der Waals surface area contributed by atoms with Crippen molar-refractivity contribution in [1.82, 2.24) is 0 Å². The first kappa shape index (κ1) is 11.3. The molecule has 0 aliphatic carbocycles. The lowest BCUT2D eigenvalue weighted by Crippen LogP contribution is -2.41. The van der Waals surface area contributed by atoms with Crippen molar-refractivity contribution in [2.45, 2.75) is 30.8 Å². The molecule has 0 unspecified atom stereocenters. The van der Waals surface area contributed by atoms with E-state index in [9.17, 15) is 17.2 Å². The van der Waals surface area contributed by atoms with Crippen molar-refractivity contribution in [3.05, 3.63) is 0 Å². The Morgan fingerprint density at radius 3 is 1.67 bits per heavy atom. The Balaban J connectivity index is 5.35. The fraction of sp³-hybridized carbons (Fsp3) is 0.833. The molecule has 12 heavy (non-hydrogen) atoms. The van der Waals surface area contributed by atoms with Gasteiger partial charge in [-0.25, -0.2) is 8.42 Å². The number of sulfone groups is 1. The van der Waals surface area contributed by atoms with E-state index in [1.165, 1.54) is 0 Å². The van der Waals surface area contributed by atoms with E-state index in [2.05, 4.69) is 0 Å². The van der Waals surface area contributed by atoms with Gasteiger partial charge in [-0.3, -0.25) is 0 Å². The summed E-state index contributed by atoms with van der Waals surface area (Å²) in [6.07, 6.45) is 0. The van der Waals surface area contributed by atoms with E-state index in [1.807, 2.05) is 0 Å². The zero-order valence-corrected chi connectivity index (χ0v) is 7.74. The molecule has 0 aromatic rings. The van der Waals surface area contributed by atoms with Crippen LogP contribution in [0.15, 0.2) is 0 Å². The zero-order valence-electron chi connectivity index (χ0n) is 6.93. The molecule has 0 amide bonds. The van der Waals surface area contributed by atoms with Crippen LogP contribution in [0.4, 0.5) is 8.78 Å². The van der Waals surface area contributed by atoms with Crippen molar-refractivity contribution in [1.29, 1.82) is 5.26 Å². The summed E-state index contributed by atoms with van der Waals surface area (Å²) in [5.41, 5.74) is 0. The first-order valence-corrected chi connectivity index (χ1v) is 4.58. The van der Waals surface area contributed by atoms with E-state index in [0.29, 0.717) is 6.07 Å². The van der Waals surface area contributed by atoms with Crippen LogP contribution < -0.4 is 0 Å². The van der Waals surface area contributed by atoms with Gasteiger partial charge in [0.05, 0.1) is 4.75 Å². The SMILES string of the molecule is CC(C)(C)S(=O)(=O)C(F)(F)C#N. The van der Waals surface area contributed by atoms with Crippen LogP contribution in [-0.2, 0) is 9.84 Å². The molecule has 70 valence electrons. The lowest BCUT2D eigenvalue weighted by Gasteiger charge is -2.21. The minimum absolute atomic E-state index is 0.467. The van der Waals surface area contributed by atoms with E-state index >= 15 is 0 Å². The fourth-order valence-electron chi connectivity index (χ4n) is 0.445. The van der Waals surface area contributed by atoms with Crippen molar-refractivity contribution >= 4 is 9.84 Å². The van der Waals surface area contributed by atoms with Gasteiger partial charge in [0, 0.05) is 0 Å². The van der Waals surface area contributed by atoms with Crippen LogP contribution in [-0.4, -0.2) is 18.4 Å². The summed E-state index contributed by atoms with van der Waals surface area (Å²) in [6.45, 7) is 3.36. The molecule has 0 heterocycles. The van der Waals surface area contributed by atoms with Gasteiger partial charge >= 0.3 is 5.25 Å². The first-order valence-electron chi connectivity index (χ1n) is 3.09.